The average molecular weight is 348 g/mol. The topological polar surface area (TPSA) is 63.6 Å². The molecule has 0 aliphatic heterocycles. The van der Waals surface area contributed by atoms with Gasteiger partial charge in [0.05, 0.1) is 5.56 Å². The van der Waals surface area contributed by atoms with Crippen molar-refractivity contribution in [3.8, 4) is 5.75 Å². The number of esters is 2. The second-order valence-corrected chi connectivity index (χ2v) is 6.59. The first-order valence-corrected chi connectivity index (χ1v) is 9.67. The fraction of sp³-hybridized carbons (Fsp3) is 0.619. The van der Waals surface area contributed by atoms with Crippen molar-refractivity contribution in [2.75, 3.05) is 0 Å². The smallest absolute Gasteiger partial charge is 0.345 e. The van der Waals surface area contributed by atoms with Gasteiger partial charge in [0, 0.05) is 6.42 Å². The molecule has 1 aromatic carbocycles. The Morgan fingerprint density at radius 1 is 0.800 bits per heavy atom. The van der Waals surface area contributed by atoms with Crippen molar-refractivity contribution in [2.24, 2.45) is 0 Å². The van der Waals surface area contributed by atoms with E-state index in [9.17, 15) is 14.7 Å². The van der Waals surface area contributed by atoms with Crippen molar-refractivity contribution in [1.29, 1.82) is 0 Å². The number of aromatic hydroxyl groups is 1. The maximum Gasteiger partial charge on any atom is 0.345 e. The molecule has 0 fully saturated rings. The summed E-state index contributed by atoms with van der Waals surface area (Å²) in [6.45, 7) is 2.24. The first kappa shape index (κ1) is 21.2. The number of hydrogen-bond acceptors (Lipinski definition) is 4. The van der Waals surface area contributed by atoms with E-state index in [1.54, 1.807) is 0 Å². The highest BCUT2D eigenvalue weighted by molar-refractivity contribution is 5.96. The van der Waals surface area contributed by atoms with E-state index in [2.05, 4.69) is 6.92 Å². The zero-order valence-electron chi connectivity index (χ0n) is 15.5. The lowest BCUT2D eigenvalue weighted by Crippen LogP contribution is -2.12. The SMILES string of the molecule is CCCCCCCCCCCCCC(=O)OC(=O)c1ccc(O)cc1. The van der Waals surface area contributed by atoms with Crippen LogP contribution in [0.15, 0.2) is 24.3 Å². The van der Waals surface area contributed by atoms with Crippen LogP contribution in [0.2, 0.25) is 0 Å². The number of unbranched alkanes of at least 4 members (excludes halogenated alkanes) is 10. The van der Waals surface area contributed by atoms with Crippen LogP contribution in [0.25, 0.3) is 0 Å². The molecule has 140 valence electrons. The van der Waals surface area contributed by atoms with E-state index in [0.29, 0.717) is 0 Å². The summed E-state index contributed by atoms with van der Waals surface area (Å²) < 4.78 is 4.81. The molecule has 1 N–H and O–H groups in total. The molecule has 1 aromatic rings. The summed E-state index contributed by atoms with van der Waals surface area (Å²) in [5, 5.41) is 9.17. The number of ether oxygens (including phenoxy) is 1. The van der Waals surface area contributed by atoms with E-state index in [-0.39, 0.29) is 17.7 Å². The van der Waals surface area contributed by atoms with Gasteiger partial charge in [-0.15, -0.1) is 0 Å². The lowest BCUT2D eigenvalue weighted by atomic mass is 10.1. The number of carbonyl (C=O) groups excluding carboxylic acids is 2. The molecule has 0 aromatic heterocycles. The van der Waals surface area contributed by atoms with Gasteiger partial charge in [0.2, 0.25) is 0 Å². The molecule has 0 bridgehead atoms. The number of phenols is 1. The molecule has 1 rings (SSSR count). The Bertz CT molecular complexity index is 493. The van der Waals surface area contributed by atoms with E-state index in [1.807, 2.05) is 0 Å². The van der Waals surface area contributed by atoms with Crippen LogP contribution in [-0.4, -0.2) is 17.0 Å². The number of benzene rings is 1. The van der Waals surface area contributed by atoms with Crippen molar-refractivity contribution >= 4 is 11.9 Å². The van der Waals surface area contributed by atoms with Gasteiger partial charge in [0.25, 0.3) is 0 Å². The minimum Gasteiger partial charge on any atom is -0.508 e. The van der Waals surface area contributed by atoms with Crippen LogP contribution in [0.3, 0.4) is 0 Å². The number of rotatable bonds is 13. The number of hydrogen-bond donors (Lipinski definition) is 1. The maximum atomic E-state index is 11.7. The molecule has 0 atom stereocenters. The monoisotopic (exact) mass is 348 g/mol. The second kappa shape index (κ2) is 13.5. The zero-order chi connectivity index (χ0) is 18.3. The number of phenolic OH excluding ortho intramolecular Hbond substituents is 1. The minimum atomic E-state index is -0.659. The highest BCUT2D eigenvalue weighted by Gasteiger charge is 2.12. The lowest BCUT2D eigenvalue weighted by molar-refractivity contribution is -0.138. The lowest BCUT2D eigenvalue weighted by Gasteiger charge is -2.04. The minimum absolute atomic E-state index is 0.0730. The normalized spacial score (nSPS) is 10.6. The summed E-state index contributed by atoms with van der Waals surface area (Å²) in [7, 11) is 0. The van der Waals surface area contributed by atoms with E-state index in [0.717, 1.165) is 19.3 Å². The van der Waals surface area contributed by atoms with Crippen molar-refractivity contribution in [3.63, 3.8) is 0 Å². The predicted octanol–water partition coefficient (Wildman–Crippen LogP) is 5.78. The van der Waals surface area contributed by atoms with Gasteiger partial charge in [-0.3, -0.25) is 4.79 Å². The summed E-state index contributed by atoms with van der Waals surface area (Å²) in [6.07, 6.45) is 13.7. The van der Waals surface area contributed by atoms with Crippen molar-refractivity contribution < 1.29 is 19.4 Å². The molecule has 0 unspecified atom stereocenters. The quantitative estimate of drug-likeness (QED) is 0.279. The van der Waals surface area contributed by atoms with Crippen LogP contribution in [0, 0.1) is 0 Å². The molecule has 0 aliphatic carbocycles. The molecule has 0 amide bonds. The van der Waals surface area contributed by atoms with Crippen LogP contribution in [0.4, 0.5) is 0 Å². The van der Waals surface area contributed by atoms with Crippen molar-refractivity contribution in [1.82, 2.24) is 0 Å². The third-order valence-electron chi connectivity index (χ3n) is 4.29. The highest BCUT2D eigenvalue weighted by atomic mass is 16.6. The van der Waals surface area contributed by atoms with Crippen LogP contribution in [0.5, 0.6) is 5.75 Å². The van der Waals surface area contributed by atoms with Crippen LogP contribution >= 0.6 is 0 Å². The van der Waals surface area contributed by atoms with E-state index < -0.39 is 11.9 Å². The molecular weight excluding hydrogens is 316 g/mol. The molecule has 0 aliphatic rings. The molecular formula is C21H32O4. The Hall–Kier alpha value is -1.84. The highest BCUT2D eigenvalue weighted by Crippen LogP contribution is 2.13. The van der Waals surface area contributed by atoms with Crippen LogP contribution < -0.4 is 0 Å². The fourth-order valence-corrected chi connectivity index (χ4v) is 2.74. The summed E-state index contributed by atoms with van der Waals surface area (Å²) in [4.78, 5) is 23.4. The fourth-order valence-electron chi connectivity index (χ4n) is 2.74. The first-order valence-electron chi connectivity index (χ1n) is 9.67. The van der Waals surface area contributed by atoms with Crippen LogP contribution in [0.1, 0.15) is 94.3 Å². The van der Waals surface area contributed by atoms with Crippen molar-refractivity contribution in [2.45, 2.75) is 84.0 Å². The molecule has 0 radical (unpaired) electrons. The number of carbonyl (C=O) groups is 2. The van der Waals surface area contributed by atoms with Gasteiger partial charge in [-0.25, -0.2) is 4.79 Å². The molecule has 25 heavy (non-hydrogen) atoms. The van der Waals surface area contributed by atoms with Gasteiger partial charge in [-0.05, 0) is 30.7 Å². The Balaban J connectivity index is 1.98. The maximum absolute atomic E-state index is 11.7. The van der Waals surface area contributed by atoms with Crippen molar-refractivity contribution in [3.05, 3.63) is 29.8 Å². The standard InChI is InChI=1S/C21H32O4/c1-2-3-4-5-6-7-8-9-10-11-12-13-20(23)25-21(24)18-14-16-19(22)17-15-18/h14-17,22H,2-13H2,1H3. The molecule has 4 heteroatoms. The van der Waals surface area contributed by atoms with Gasteiger partial charge in [-0.2, -0.15) is 0 Å². The Morgan fingerprint density at radius 2 is 1.28 bits per heavy atom. The summed E-state index contributed by atoms with van der Waals surface area (Å²) in [5.41, 5.74) is 0.269. The van der Waals surface area contributed by atoms with Gasteiger partial charge >= 0.3 is 11.9 Å². The molecule has 4 nitrogen and oxygen atoms in total. The summed E-state index contributed by atoms with van der Waals surface area (Å²) in [6, 6.07) is 5.66. The summed E-state index contributed by atoms with van der Waals surface area (Å²) in [5.74, 6) is -1.06. The Kier molecular flexibility index (Phi) is 11.4. The van der Waals surface area contributed by atoms with Gasteiger partial charge in [0.15, 0.2) is 0 Å². The molecule has 0 saturated heterocycles. The van der Waals surface area contributed by atoms with Crippen LogP contribution in [-0.2, 0) is 9.53 Å². The van der Waals surface area contributed by atoms with E-state index in [4.69, 9.17) is 4.74 Å². The van der Waals surface area contributed by atoms with Gasteiger partial charge in [0.1, 0.15) is 5.75 Å². The Labute approximate surface area is 151 Å². The van der Waals surface area contributed by atoms with Gasteiger partial charge in [-0.1, -0.05) is 71.1 Å². The van der Waals surface area contributed by atoms with E-state index >= 15 is 0 Å². The average Bonchev–Trinajstić information content (AvgIpc) is 2.60. The largest absolute Gasteiger partial charge is 0.508 e. The van der Waals surface area contributed by atoms with E-state index in [1.165, 1.54) is 75.6 Å². The molecule has 0 spiro atoms. The third kappa shape index (κ3) is 10.6. The molecule has 0 heterocycles. The molecule has 0 saturated carbocycles. The second-order valence-electron chi connectivity index (χ2n) is 6.59. The predicted molar refractivity (Wildman–Crippen MR) is 99.6 cm³/mol. The third-order valence-corrected chi connectivity index (χ3v) is 4.29. The first-order chi connectivity index (χ1) is 12.1. The Morgan fingerprint density at radius 3 is 1.80 bits per heavy atom. The van der Waals surface area contributed by atoms with Gasteiger partial charge < -0.3 is 9.84 Å². The summed E-state index contributed by atoms with van der Waals surface area (Å²) >= 11 is 0. The zero-order valence-corrected chi connectivity index (χ0v) is 15.5.